The molecule has 0 fully saturated rings. The summed E-state index contributed by atoms with van der Waals surface area (Å²) in [6.45, 7) is 1.51. The van der Waals surface area contributed by atoms with Gasteiger partial charge in [-0.25, -0.2) is 9.37 Å². The van der Waals surface area contributed by atoms with Crippen molar-refractivity contribution in [2.24, 2.45) is 0 Å². The number of amides is 1. The summed E-state index contributed by atoms with van der Waals surface area (Å²) in [5.41, 5.74) is 1.65. The molecule has 0 spiro atoms. The summed E-state index contributed by atoms with van der Waals surface area (Å²) in [7, 11) is 1.62. The maximum absolute atomic E-state index is 13.5. The average Bonchev–Trinajstić information content (AvgIpc) is 2.58. The normalized spacial score (nSPS) is 10.3. The molecule has 6 heteroatoms. The third kappa shape index (κ3) is 5.34. The molecular weight excluding hydrogens is 297 g/mol. The summed E-state index contributed by atoms with van der Waals surface area (Å²) in [6, 6.07) is 9.97. The minimum Gasteiger partial charge on any atom is -0.385 e. The number of benzene rings is 1. The van der Waals surface area contributed by atoms with Gasteiger partial charge in [-0.3, -0.25) is 4.79 Å². The van der Waals surface area contributed by atoms with Crippen molar-refractivity contribution < 1.29 is 13.9 Å². The fourth-order valence-corrected chi connectivity index (χ4v) is 1.98. The number of carbonyl (C=O) groups is 1. The minimum absolute atomic E-state index is 0.221. The lowest BCUT2D eigenvalue weighted by Gasteiger charge is -2.08. The Labute approximate surface area is 134 Å². The van der Waals surface area contributed by atoms with Crippen LogP contribution in [0.2, 0.25) is 0 Å². The van der Waals surface area contributed by atoms with Crippen LogP contribution in [-0.2, 0) is 11.3 Å². The molecule has 1 aromatic carbocycles. The van der Waals surface area contributed by atoms with Crippen LogP contribution in [0, 0.1) is 5.82 Å². The Balaban J connectivity index is 1.84. The van der Waals surface area contributed by atoms with Crippen LogP contribution in [0.5, 0.6) is 0 Å². The molecule has 0 atom stereocenters. The molecule has 0 aliphatic carbocycles. The molecule has 1 amide bonds. The highest BCUT2D eigenvalue weighted by molar-refractivity contribution is 5.92. The van der Waals surface area contributed by atoms with Crippen LogP contribution in [0.25, 0.3) is 0 Å². The number of nitrogens with zero attached hydrogens (tertiary/aromatic N) is 1. The van der Waals surface area contributed by atoms with Gasteiger partial charge in [0.2, 0.25) is 0 Å². The number of pyridine rings is 1. The molecule has 23 heavy (non-hydrogen) atoms. The van der Waals surface area contributed by atoms with Gasteiger partial charge >= 0.3 is 0 Å². The maximum atomic E-state index is 13.5. The molecule has 0 aliphatic rings. The highest BCUT2D eigenvalue weighted by Crippen LogP contribution is 2.11. The summed E-state index contributed by atoms with van der Waals surface area (Å²) in [6.07, 6.45) is 2.31. The zero-order valence-corrected chi connectivity index (χ0v) is 13.0. The number of methoxy groups -OCH3 is 1. The smallest absolute Gasteiger partial charge is 0.269 e. The van der Waals surface area contributed by atoms with Gasteiger partial charge in [0.1, 0.15) is 11.5 Å². The Morgan fingerprint density at radius 3 is 2.78 bits per heavy atom. The van der Waals surface area contributed by atoms with Gasteiger partial charge in [-0.05, 0) is 24.6 Å². The number of rotatable bonds is 8. The van der Waals surface area contributed by atoms with E-state index in [1.54, 1.807) is 43.6 Å². The number of ether oxygens (including phenoxy) is 1. The van der Waals surface area contributed by atoms with Crippen molar-refractivity contribution in [3.8, 4) is 0 Å². The van der Waals surface area contributed by atoms with E-state index in [1.165, 1.54) is 6.07 Å². The van der Waals surface area contributed by atoms with E-state index in [0.29, 0.717) is 31.0 Å². The third-order valence-electron chi connectivity index (χ3n) is 3.25. The van der Waals surface area contributed by atoms with Crippen molar-refractivity contribution in [3.05, 3.63) is 59.7 Å². The van der Waals surface area contributed by atoms with Crippen LogP contribution >= 0.6 is 0 Å². The van der Waals surface area contributed by atoms with Gasteiger partial charge in [-0.2, -0.15) is 0 Å². The topological polar surface area (TPSA) is 63.2 Å². The molecule has 122 valence electrons. The fourth-order valence-electron chi connectivity index (χ4n) is 1.98. The molecule has 0 saturated carbocycles. The quantitative estimate of drug-likeness (QED) is 0.735. The fraction of sp³-hybridized carbons (Fsp3) is 0.294. The Morgan fingerprint density at radius 2 is 2.09 bits per heavy atom. The van der Waals surface area contributed by atoms with Crippen LogP contribution in [0.1, 0.15) is 22.5 Å². The standard InChI is InChI=1S/C17H20FN3O2/c1-23-10-4-9-19-17(22)16-8-7-14(12-21-16)20-11-13-5-2-3-6-15(13)18/h2-3,5-8,12,20H,4,9-11H2,1H3,(H,19,22). The third-order valence-corrected chi connectivity index (χ3v) is 3.25. The molecule has 5 nitrogen and oxygen atoms in total. The molecule has 0 unspecified atom stereocenters. The molecule has 0 radical (unpaired) electrons. The van der Waals surface area contributed by atoms with E-state index in [2.05, 4.69) is 15.6 Å². The number of nitrogens with one attached hydrogen (secondary N) is 2. The van der Waals surface area contributed by atoms with Gasteiger partial charge in [0.05, 0.1) is 11.9 Å². The maximum Gasteiger partial charge on any atom is 0.269 e. The van der Waals surface area contributed by atoms with E-state index in [0.717, 1.165) is 12.1 Å². The van der Waals surface area contributed by atoms with Crippen LogP contribution < -0.4 is 10.6 Å². The van der Waals surface area contributed by atoms with Crippen molar-refractivity contribution >= 4 is 11.6 Å². The second-order valence-corrected chi connectivity index (χ2v) is 4.98. The van der Waals surface area contributed by atoms with Gasteiger partial charge < -0.3 is 15.4 Å². The molecule has 0 saturated heterocycles. The first-order valence-corrected chi connectivity index (χ1v) is 7.41. The first-order valence-electron chi connectivity index (χ1n) is 7.41. The molecular formula is C17H20FN3O2. The van der Waals surface area contributed by atoms with Gasteiger partial charge in [0.25, 0.3) is 5.91 Å². The lowest BCUT2D eigenvalue weighted by molar-refractivity contribution is 0.0943. The second kappa shape index (κ2) is 8.85. The van der Waals surface area contributed by atoms with Crippen molar-refractivity contribution in [2.45, 2.75) is 13.0 Å². The SMILES string of the molecule is COCCCNC(=O)c1ccc(NCc2ccccc2F)cn1. The molecule has 1 heterocycles. The van der Waals surface area contributed by atoms with Crippen molar-refractivity contribution in [3.63, 3.8) is 0 Å². The summed E-state index contributed by atoms with van der Waals surface area (Å²) < 4.78 is 18.4. The van der Waals surface area contributed by atoms with Crippen LogP contribution in [0.15, 0.2) is 42.6 Å². The van der Waals surface area contributed by atoms with Crippen LogP contribution in [0.3, 0.4) is 0 Å². The second-order valence-electron chi connectivity index (χ2n) is 4.98. The monoisotopic (exact) mass is 317 g/mol. The number of hydrogen-bond acceptors (Lipinski definition) is 4. The van der Waals surface area contributed by atoms with Gasteiger partial charge in [0.15, 0.2) is 0 Å². The first-order chi connectivity index (χ1) is 11.2. The van der Waals surface area contributed by atoms with E-state index in [9.17, 15) is 9.18 Å². The van der Waals surface area contributed by atoms with Crippen LogP contribution in [0.4, 0.5) is 10.1 Å². The summed E-state index contributed by atoms with van der Waals surface area (Å²) in [5, 5.41) is 5.84. The molecule has 1 aromatic heterocycles. The summed E-state index contributed by atoms with van der Waals surface area (Å²) in [5.74, 6) is -0.471. The Bertz CT molecular complexity index is 632. The number of aromatic nitrogens is 1. The predicted molar refractivity (Wildman–Crippen MR) is 86.8 cm³/mol. The number of hydrogen-bond donors (Lipinski definition) is 2. The van der Waals surface area contributed by atoms with Crippen molar-refractivity contribution in [1.29, 1.82) is 0 Å². The number of halogens is 1. The Hall–Kier alpha value is -2.47. The van der Waals surface area contributed by atoms with Gasteiger partial charge in [-0.15, -0.1) is 0 Å². The first kappa shape index (κ1) is 16.9. The molecule has 0 bridgehead atoms. The zero-order valence-electron chi connectivity index (χ0n) is 13.0. The largest absolute Gasteiger partial charge is 0.385 e. The van der Waals surface area contributed by atoms with Gasteiger partial charge in [-0.1, -0.05) is 18.2 Å². The summed E-state index contributed by atoms with van der Waals surface area (Å²) in [4.78, 5) is 16.0. The molecule has 2 rings (SSSR count). The van der Waals surface area contributed by atoms with Crippen molar-refractivity contribution in [1.82, 2.24) is 10.3 Å². The van der Waals surface area contributed by atoms with E-state index < -0.39 is 0 Å². The highest BCUT2D eigenvalue weighted by Gasteiger charge is 2.06. The minimum atomic E-state index is -0.250. The van der Waals surface area contributed by atoms with E-state index in [-0.39, 0.29) is 11.7 Å². The Morgan fingerprint density at radius 1 is 1.26 bits per heavy atom. The van der Waals surface area contributed by atoms with Gasteiger partial charge in [0, 0.05) is 32.4 Å². The lowest BCUT2D eigenvalue weighted by Crippen LogP contribution is -2.26. The zero-order chi connectivity index (χ0) is 16.5. The summed E-state index contributed by atoms with van der Waals surface area (Å²) >= 11 is 0. The highest BCUT2D eigenvalue weighted by atomic mass is 19.1. The average molecular weight is 317 g/mol. The van der Waals surface area contributed by atoms with Crippen LogP contribution in [-0.4, -0.2) is 31.2 Å². The molecule has 0 aliphatic heterocycles. The Kier molecular flexibility index (Phi) is 6.50. The predicted octanol–water partition coefficient (Wildman–Crippen LogP) is 2.60. The number of carbonyl (C=O) groups excluding carboxylic acids is 1. The van der Waals surface area contributed by atoms with Crippen molar-refractivity contribution in [2.75, 3.05) is 25.6 Å². The number of anilines is 1. The van der Waals surface area contributed by atoms with E-state index in [1.807, 2.05) is 0 Å². The molecule has 2 N–H and O–H groups in total. The molecule has 2 aromatic rings. The van der Waals surface area contributed by atoms with E-state index >= 15 is 0 Å². The van der Waals surface area contributed by atoms with E-state index in [4.69, 9.17) is 4.74 Å². The lowest BCUT2D eigenvalue weighted by atomic mass is 10.2.